The van der Waals surface area contributed by atoms with Crippen molar-refractivity contribution in [3.8, 4) is 0 Å². The standard InChI is InChI=1S/C42H76NO9P/c1-6-8-10-12-14-16-18-19-21-22-24-26-28-31-39(44)32-30-34-42(46)52-40(38-51-53(47,48)50-36-35-43(3,4)5)37-49-41(45)33-29-27-25-23-20-17-15-13-11-9-7-2/h14,16,19,21,24,26,28,31,39-40,44H,6-13,15,17-18,20,22-23,25,27,29-30,32-38H2,1-5H3/p+1/b16-14-,21-19-,26-24-,31-28+/t39-,40+/m0/s1. The maximum atomic E-state index is 12.7. The third-order valence-corrected chi connectivity index (χ3v) is 9.45. The van der Waals surface area contributed by atoms with E-state index in [1.807, 2.05) is 33.3 Å². The summed E-state index contributed by atoms with van der Waals surface area (Å²) in [5, 5.41) is 10.3. The molecule has 53 heavy (non-hydrogen) atoms. The molecule has 11 heteroatoms. The molecule has 0 aromatic carbocycles. The number of nitrogens with zero attached hydrogens (tertiary/aromatic N) is 1. The number of aliphatic hydroxyl groups is 1. The lowest BCUT2D eigenvalue weighted by Crippen LogP contribution is -2.37. The van der Waals surface area contributed by atoms with Gasteiger partial charge in [0.2, 0.25) is 0 Å². The van der Waals surface area contributed by atoms with Gasteiger partial charge in [-0.3, -0.25) is 18.6 Å². The van der Waals surface area contributed by atoms with Gasteiger partial charge in [0.25, 0.3) is 0 Å². The summed E-state index contributed by atoms with van der Waals surface area (Å²) >= 11 is 0. The lowest BCUT2D eigenvalue weighted by Gasteiger charge is -2.24. The molecule has 2 N–H and O–H groups in total. The van der Waals surface area contributed by atoms with Gasteiger partial charge in [0.15, 0.2) is 6.10 Å². The number of hydrogen-bond donors (Lipinski definition) is 2. The van der Waals surface area contributed by atoms with Gasteiger partial charge in [0.1, 0.15) is 19.8 Å². The second-order valence-corrected chi connectivity index (χ2v) is 16.3. The topological polar surface area (TPSA) is 129 Å². The Bertz CT molecular complexity index is 1070. The van der Waals surface area contributed by atoms with Crippen LogP contribution in [0.2, 0.25) is 0 Å². The fourth-order valence-corrected chi connectivity index (χ4v) is 5.92. The van der Waals surface area contributed by atoms with Crippen molar-refractivity contribution in [3.05, 3.63) is 48.6 Å². The quantitative estimate of drug-likeness (QED) is 0.0160. The van der Waals surface area contributed by atoms with E-state index in [0.717, 1.165) is 38.5 Å². The molecule has 0 amide bonds. The maximum absolute atomic E-state index is 12.7. The van der Waals surface area contributed by atoms with E-state index in [-0.39, 0.29) is 26.1 Å². The van der Waals surface area contributed by atoms with Crippen LogP contribution < -0.4 is 0 Å². The fourth-order valence-electron chi connectivity index (χ4n) is 5.17. The molecule has 0 aromatic rings. The van der Waals surface area contributed by atoms with Crippen molar-refractivity contribution in [3.63, 3.8) is 0 Å². The summed E-state index contributed by atoms with van der Waals surface area (Å²) in [6.45, 7) is 4.14. The fraction of sp³-hybridized carbons (Fsp3) is 0.762. The van der Waals surface area contributed by atoms with Crippen LogP contribution in [0.25, 0.3) is 0 Å². The van der Waals surface area contributed by atoms with E-state index in [1.165, 1.54) is 64.2 Å². The van der Waals surface area contributed by atoms with E-state index in [0.29, 0.717) is 30.3 Å². The first-order valence-electron chi connectivity index (χ1n) is 20.5. The van der Waals surface area contributed by atoms with Crippen molar-refractivity contribution in [1.82, 2.24) is 0 Å². The van der Waals surface area contributed by atoms with E-state index in [2.05, 4.69) is 38.2 Å². The number of quaternary nitrogens is 1. The minimum Gasteiger partial charge on any atom is -0.462 e. The molecule has 1 unspecified atom stereocenters. The second kappa shape index (κ2) is 34.4. The normalized spacial score (nSPS) is 14.8. The first kappa shape index (κ1) is 50.9. The molecular weight excluding hydrogens is 693 g/mol. The van der Waals surface area contributed by atoms with Gasteiger partial charge < -0.3 is 24.0 Å². The number of likely N-dealkylation sites (N-methyl/N-ethyl adjacent to an activating group) is 1. The number of esters is 2. The molecule has 0 fully saturated rings. The van der Waals surface area contributed by atoms with Crippen LogP contribution in [0.4, 0.5) is 0 Å². The van der Waals surface area contributed by atoms with Crippen LogP contribution >= 0.6 is 7.82 Å². The zero-order valence-corrected chi connectivity index (χ0v) is 35.0. The van der Waals surface area contributed by atoms with Crippen molar-refractivity contribution in [2.45, 2.75) is 161 Å². The van der Waals surface area contributed by atoms with Crippen LogP contribution in [0, 0.1) is 0 Å². The summed E-state index contributed by atoms with van der Waals surface area (Å²) in [6.07, 6.45) is 34.8. The van der Waals surface area contributed by atoms with E-state index < -0.39 is 38.6 Å². The molecule has 0 spiro atoms. The molecule has 0 radical (unpaired) electrons. The van der Waals surface area contributed by atoms with Gasteiger partial charge in [0.05, 0.1) is 33.9 Å². The van der Waals surface area contributed by atoms with Crippen molar-refractivity contribution in [2.24, 2.45) is 0 Å². The van der Waals surface area contributed by atoms with E-state index in [4.69, 9.17) is 18.5 Å². The monoisotopic (exact) mass is 771 g/mol. The molecule has 0 saturated heterocycles. The Labute approximate surface area is 323 Å². The molecule has 0 aliphatic rings. The van der Waals surface area contributed by atoms with Crippen LogP contribution in [0.15, 0.2) is 48.6 Å². The summed E-state index contributed by atoms with van der Waals surface area (Å²) in [4.78, 5) is 35.2. The third-order valence-electron chi connectivity index (χ3n) is 8.47. The minimum atomic E-state index is -4.42. The smallest absolute Gasteiger partial charge is 0.462 e. The number of phosphoric ester groups is 1. The highest BCUT2D eigenvalue weighted by Crippen LogP contribution is 2.43. The number of aliphatic hydroxyl groups excluding tert-OH is 1. The van der Waals surface area contributed by atoms with Crippen molar-refractivity contribution in [2.75, 3.05) is 47.5 Å². The second-order valence-electron chi connectivity index (χ2n) is 14.9. The molecule has 0 rings (SSSR count). The number of hydrogen-bond acceptors (Lipinski definition) is 8. The number of allylic oxidation sites excluding steroid dienone is 7. The molecule has 0 bridgehead atoms. The largest absolute Gasteiger partial charge is 0.472 e. The van der Waals surface area contributed by atoms with Crippen molar-refractivity contribution in [1.29, 1.82) is 0 Å². The predicted octanol–water partition coefficient (Wildman–Crippen LogP) is 10.1. The maximum Gasteiger partial charge on any atom is 0.472 e. The van der Waals surface area contributed by atoms with Crippen molar-refractivity contribution < 1.29 is 47.2 Å². The summed E-state index contributed by atoms with van der Waals surface area (Å²) < 4.78 is 34.0. The van der Waals surface area contributed by atoms with Crippen LogP contribution in [-0.2, 0) is 32.7 Å². The first-order chi connectivity index (χ1) is 25.4. The molecule has 0 aromatic heterocycles. The molecule has 0 aliphatic heterocycles. The van der Waals surface area contributed by atoms with Crippen LogP contribution in [0.5, 0.6) is 0 Å². The Kier molecular flexibility index (Phi) is 33.1. The number of unbranched alkanes of at least 4 members (excludes halogenated alkanes) is 13. The van der Waals surface area contributed by atoms with Gasteiger partial charge in [-0.2, -0.15) is 0 Å². The SMILES string of the molecule is CCCCC/C=C\C/C=C\C/C=C\C=C\[C@H](O)CCCC(=O)O[C@H](COC(=O)CCCCCCCCCCCCC)COP(=O)(O)OCC[N+](C)(C)C. The highest BCUT2D eigenvalue weighted by atomic mass is 31.2. The lowest BCUT2D eigenvalue weighted by molar-refractivity contribution is -0.870. The van der Waals surface area contributed by atoms with E-state index >= 15 is 0 Å². The Hall–Kier alpha value is -2.07. The molecule has 0 aliphatic carbocycles. The number of rotatable bonds is 36. The van der Waals surface area contributed by atoms with Crippen LogP contribution in [0.3, 0.4) is 0 Å². The van der Waals surface area contributed by atoms with Gasteiger partial charge in [-0.1, -0.05) is 140 Å². The molecule has 0 saturated carbocycles. The van der Waals surface area contributed by atoms with E-state index in [9.17, 15) is 24.2 Å². The predicted molar refractivity (Wildman–Crippen MR) is 216 cm³/mol. The molecule has 3 atom stereocenters. The number of phosphoric acid groups is 1. The highest BCUT2D eigenvalue weighted by molar-refractivity contribution is 7.47. The molecule has 308 valence electrons. The van der Waals surface area contributed by atoms with Gasteiger partial charge in [-0.25, -0.2) is 4.57 Å². The van der Waals surface area contributed by atoms with Gasteiger partial charge in [-0.05, 0) is 44.9 Å². The Morgan fingerprint density at radius 1 is 0.679 bits per heavy atom. The first-order valence-corrected chi connectivity index (χ1v) is 22.0. The molecule has 0 heterocycles. The zero-order valence-electron chi connectivity index (χ0n) is 34.1. The molecular formula is C42H77NO9P+. The lowest BCUT2D eigenvalue weighted by atomic mass is 10.1. The van der Waals surface area contributed by atoms with E-state index in [1.54, 1.807) is 12.2 Å². The Morgan fingerprint density at radius 3 is 1.89 bits per heavy atom. The molecule has 10 nitrogen and oxygen atoms in total. The van der Waals surface area contributed by atoms with Crippen molar-refractivity contribution >= 4 is 19.8 Å². The summed E-state index contributed by atoms with van der Waals surface area (Å²) in [5.41, 5.74) is 0. The van der Waals surface area contributed by atoms with Crippen LogP contribution in [0.1, 0.15) is 149 Å². The minimum absolute atomic E-state index is 0.00356. The zero-order chi connectivity index (χ0) is 39.5. The number of ether oxygens (including phenoxy) is 2. The number of carbonyl (C=O) groups is 2. The number of carbonyl (C=O) groups excluding carboxylic acids is 2. The Balaban J connectivity index is 4.63. The Morgan fingerprint density at radius 2 is 1.25 bits per heavy atom. The average Bonchev–Trinajstić information content (AvgIpc) is 3.09. The van der Waals surface area contributed by atoms with Gasteiger partial charge in [0, 0.05) is 12.8 Å². The summed E-state index contributed by atoms with van der Waals surface area (Å²) in [6, 6.07) is 0. The highest BCUT2D eigenvalue weighted by Gasteiger charge is 2.27. The summed E-state index contributed by atoms with van der Waals surface area (Å²) in [5.74, 6) is -1.00. The van der Waals surface area contributed by atoms with Gasteiger partial charge >= 0.3 is 19.8 Å². The summed E-state index contributed by atoms with van der Waals surface area (Å²) in [7, 11) is 1.35. The average molecular weight is 771 g/mol. The third kappa shape index (κ3) is 38.0. The van der Waals surface area contributed by atoms with Gasteiger partial charge in [-0.15, -0.1) is 0 Å². The van der Waals surface area contributed by atoms with Crippen LogP contribution in [-0.4, -0.2) is 86.1 Å².